The summed E-state index contributed by atoms with van der Waals surface area (Å²) in [6.45, 7) is 11.7. The molecule has 0 saturated heterocycles. The van der Waals surface area contributed by atoms with Crippen LogP contribution >= 0.6 is 0 Å². The summed E-state index contributed by atoms with van der Waals surface area (Å²) in [4.78, 5) is 10.6. The lowest BCUT2D eigenvalue weighted by Gasteiger charge is -2.44. The van der Waals surface area contributed by atoms with Gasteiger partial charge in [0.15, 0.2) is 0 Å². The smallest absolute Gasteiger partial charge is 0.149 e. The number of nitrogens with zero attached hydrogens (tertiary/aromatic N) is 3. The Bertz CT molecular complexity index is 3470. The number of aromatic nitrogens is 3. The highest BCUT2D eigenvalue weighted by Crippen LogP contribution is 2.49. The summed E-state index contributed by atoms with van der Waals surface area (Å²) in [5.41, 5.74) is 17.6. The molecule has 0 atom stereocenters. The van der Waals surface area contributed by atoms with Crippen LogP contribution in [0.2, 0.25) is 0 Å². The Kier molecular flexibility index (Phi) is 11.4. The van der Waals surface area contributed by atoms with Crippen molar-refractivity contribution in [3.63, 3.8) is 0 Å². The highest BCUT2D eigenvalue weighted by atomic mass is 16.3. The second kappa shape index (κ2) is 17.9. The third kappa shape index (κ3) is 8.42. The van der Waals surface area contributed by atoms with Crippen LogP contribution in [-0.4, -0.2) is 19.6 Å². The zero-order valence-corrected chi connectivity index (χ0v) is 40.8. The predicted molar refractivity (Wildman–Crippen MR) is 291 cm³/mol. The lowest BCUT2D eigenvalue weighted by Crippen LogP contribution is -2.36. The molecule has 0 spiro atoms. The molecule has 1 aliphatic carbocycles. The topological polar surface area (TPSA) is 50.9 Å². The van der Waals surface area contributed by atoms with Gasteiger partial charge in [-0.05, 0) is 147 Å². The molecule has 0 bridgehead atoms. The normalized spacial score (nSPS) is 17.2. The second-order valence-corrected chi connectivity index (χ2v) is 21.0. The van der Waals surface area contributed by atoms with Gasteiger partial charge in [0, 0.05) is 28.6 Å². The minimum Gasteiger partial charge on any atom is -0.507 e. The molecular weight excluding hydrogens is 851 g/mol. The molecule has 10 aromatic rings. The lowest BCUT2D eigenvalue weighted by atomic mass is 9.61. The summed E-state index contributed by atoms with van der Waals surface area (Å²) in [7, 11) is 0. The average molecular weight is 910 g/mol. The molecule has 2 aromatic heterocycles. The van der Waals surface area contributed by atoms with Crippen molar-refractivity contribution in [2.24, 2.45) is 0 Å². The first-order valence-corrected chi connectivity index (χ1v) is 24.8. The van der Waals surface area contributed by atoms with Gasteiger partial charge in [-0.1, -0.05) is 186 Å². The Hall–Kier alpha value is -7.82. The summed E-state index contributed by atoms with van der Waals surface area (Å²) in [5.74, 6) is 0.868. The fourth-order valence-corrected chi connectivity index (χ4v) is 10.8. The molecule has 0 amide bonds. The summed E-state index contributed by atoms with van der Waals surface area (Å²) in [6.07, 6.45) is 6.43. The molecule has 0 unspecified atom stereocenters. The van der Waals surface area contributed by atoms with Crippen LogP contribution in [0.25, 0.3) is 83.9 Å². The molecule has 70 heavy (non-hydrogen) atoms. The van der Waals surface area contributed by atoms with Crippen LogP contribution in [0.3, 0.4) is 0 Å². The minimum atomic E-state index is -0.144. The van der Waals surface area contributed by atoms with E-state index in [-0.39, 0.29) is 22.0 Å². The van der Waals surface area contributed by atoms with Crippen molar-refractivity contribution >= 4 is 11.0 Å². The fourth-order valence-electron chi connectivity index (χ4n) is 10.8. The quantitative estimate of drug-likeness (QED) is 0.157. The van der Waals surface area contributed by atoms with Crippen molar-refractivity contribution < 1.29 is 5.11 Å². The molecule has 344 valence electrons. The van der Waals surface area contributed by atoms with Crippen molar-refractivity contribution in [1.82, 2.24) is 14.5 Å². The number of pyridine rings is 1. The number of fused-ring (bicyclic) bond motifs is 1. The van der Waals surface area contributed by atoms with E-state index in [1.165, 1.54) is 16.7 Å². The summed E-state index contributed by atoms with van der Waals surface area (Å²) in [6, 6.07) is 73.3. The van der Waals surface area contributed by atoms with Crippen LogP contribution in [-0.2, 0) is 16.2 Å². The first-order valence-electron chi connectivity index (χ1n) is 24.8. The summed E-state index contributed by atoms with van der Waals surface area (Å²) in [5, 5.41) is 12.7. The minimum absolute atomic E-state index is 0.0535. The molecular formula is C66H59N3O. The van der Waals surface area contributed by atoms with E-state index in [1.54, 1.807) is 0 Å². The maximum absolute atomic E-state index is 12.7. The van der Waals surface area contributed by atoms with Crippen LogP contribution < -0.4 is 0 Å². The van der Waals surface area contributed by atoms with Crippen molar-refractivity contribution in [1.29, 1.82) is 0 Å². The maximum Gasteiger partial charge on any atom is 0.149 e. The van der Waals surface area contributed by atoms with Gasteiger partial charge in [0.25, 0.3) is 0 Å². The third-order valence-corrected chi connectivity index (χ3v) is 15.3. The molecule has 11 rings (SSSR count). The van der Waals surface area contributed by atoms with Crippen molar-refractivity contribution in [2.45, 2.75) is 76.5 Å². The highest BCUT2D eigenvalue weighted by molar-refractivity contribution is 5.98. The van der Waals surface area contributed by atoms with Gasteiger partial charge >= 0.3 is 0 Å². The van der Waals surface area contributed by atoms with Crippen LogP contribution in [0.1, 0.15) is 77.0 Å². The largest absolute Gasteiger partial charge is 0.507 e. The molecule has 0 radical (unpaired) electrons. The SMILES string of the molecule is CC(C)(C)c1cc(-c2cc(-c3ccccc3)ccn2)cc(-c2cccc3c2nc(-c2cc(-c4ccccc4)cc(-c4ccccc4)c2O)n3-c2ccc(C3(C)CCC(C)(c4ccccc4)CC3)cc2)c1. The predicted octanol–water partition coefficient (Wildman–Crippen LogP) is 17.2. The average Bonchev–Trinajstić information content (AvgIpc) is 3.80. The first-order chi connectivity index (χ1) is 33.9. The number of hydrogen-bond donors (Lipinski definition) is 1. The van der Waals surface area contributed by atoms with Gasteiger partial charge in [-0.2, -0.15) is 0 Å². The Labute approximate surface area is 413 Å². The van der Waals surface area contributed by atoms with Crippen molar-refractivity contribution in [3.8, 4) is 78.6 Å². The van der Waals surface area contributed by atoms with Gasteiger partial charge < -0.3 is 5.11 Å². The number of phenols is 1. The molecule has 1 fully saturated rings. The molecule has 0 aliphatic heterocycles. The maximum atomic E-state index is 12.7. The lowest BCUT2D eigenvalue weighted by molar-refractivity contribution is 0.223. The van der Waals surface area contributed by atoms with Gasteiger partial charge in [0.2, 0.25) is 0 Å². The van der Waals surface area contributed by atoms with E-state index in [2.05, 4.69) is 221 Å². The Morgan fingerprint density at radius 2 is 1.00 bits per heavy atom. The molecule has 1 N–H and O–H groups in total. The standard InChI is InChI=1S/C66H59N3O/c1-64(2,3)54-40-50(39-51(41-54)59-44-48(33-38-67-59)45-19-10-6-11-20-45)56-27-18-28-60-61(56)68-63(58-43-49(46-21-12-7-13-22-46)42-57(62(58)70)47-23-14-8-15-24-47)69(60)55-31-29-53(30-32-55)66(5)36-34-65(4,35-37-66)52-25-16-9-17-26-52/h6-33,38-44,70H,34-37H2,1-5H3. The van der Waals surface area contributed by atoms with E-state index in [4.69, 9.17) is 9.97 Å². The van der Waals surface area contributed by atoms with Gasteiger partial charge in [-0.15, -0.1) is 0 Å². The van der Waals surface area contributed by atoms with Crippen molar-refractivity contribution in [3.05, 3.63) is 229 Å². The monoisotopic (exact) mass is 909 g/mol. The van der Waals surface area contributed by atoms with Crippen molar-refractivity contribution in [2.75, 3.05) is 0 Å². The van der Waals surface area contributed by atoms with E-state index in [1.807, 2.05) is 30.5 Å². The zero-order valence-electron chi connectivity index (χ0n) is 40.8. The van der Waals surface area contributed by atoms with E-state index in [9.17, 15) is 5.11 Å². The molecule has 4 heteroatoms. The molecule has 4 nitrogen and oxygen atoms in total. The highest BCUT2D eigenvalue weighted by Gasteiger charge is 2.39. The van der Waals surface area contributed by atoms with E-state index >= 15 is 0 Å². The Morgan fingerprint density at radius 3 is 1.61 bits per heavy atom. The summed E-state index contributed by atoms with van der Waals surface area (Å²) >= 11 is 0. The molecule has 1 aliphatic rings. The number of para-hydroxylation sites is 1. The molecule has 2 heterocycles. The van der Waals surface area contributed by atoms with E-state index in [0.29, 0.717) is 11.4 Å². The van der Waals surface area contributed by atoms with Crippen LogP contribution in [0.5, 0.6) is 5.75 Å². The summed E-state index contributed by atoms with van der Waals surface area (Å²) < 4.78 is 2.26. The van der Waals surface area contributed by atoms with Crippen LogP contribution in [0.15, 0.2) is 212 Å². The number of hydrogen-bond acceptors (Lipinski definition) is 3. The molecule has 8 aromatic carbocycles. The Balaban J connectivity index is 1.10. The number of imidazole rings is 1. The van der Waals surface area contributed by atoms with E-state index in [0.717, 1.165) is 98.2 Å². The van der Waals surface area contributed by atoms with Crippen LogP contribution in [0, 0.1) is 0 Å². The van der Waals surface area contributed by atoms with E-state index < -0.39 is 0 Å². The van der Waals surface area contributed by atoms with Gasteiger partial charge in [0.05, 0.1) is 22.3 Å². The van der Waals surface area contributed by atoms with Gasteiger partial charge in [-0.3, -0.25) is 9.55 Å². The second-order valence-electron chi connectivity index (χ2n) is 21.0. The Morgan fingerprint density at radius 1 is 0.457 bits per heavy atom. The number of rotatable bonds is 9. The number of benzene rings is 8. The van der Waals surface area contributed by atoms with Gasteiger partial charge in [-0.25, -0.2) is 4.98 Å². The third-order valence-electron chi connectivity index (χ3n) is 15.3. The number of aromatic hydroxyl groups is 1. The van der Waals surface area contributed by atoms with Crippen LogP contribution in [0.4, 0.5) is 0 Å². The zero-order chi connectivity index (χ0) is 48.0. The number of phenolic OH excluding ortho intramolecular Hbond substituents is 1. The van der Waals surface area contributed by atoms with Gasteiger partial charge in [0.1, 0.15) is 11.6 Å². The molecule has 1 saturated carbocycles. The first kappa shape index (κ1) is 44.7. The fraction of sp³-hybridized carbons (Fsp3) is 0.182.